The Balaban J connectivity index is 2.27. The van der Waals surface area contributed by atoms with Crippen molar-refractivity contribution in [3.8, 4) is 5.88 Å². The van der Waals surface area contributed by atoms with Gasteiger partial charge in [-0.2, -0.15) is 0 Å². The molecule has 0 fully saturated rings. The smallest absolute Gasteiger partial charge is 0.255 e. The van der Waals surface area contributed by atoms with Crippen LogP contribution >= 0.6 is 11.6 Å². The summed E-state index contributed by atoms with van der Waals surface area (Å²) in [7, 11) is 0. The van der Waals surface area contributed by atoms with E-state index in [1.807, 2.05) is 6.07 Å². The van der Waals surface area contributed by atoms with Gasteiger partial charge in [-0.1, -0.05) is 17.7 Å². The van der Waals surface area contributed by atoms with Crippen LogP contribution in [0.5, 0.6) is 5.88 Å². The highest BCUT2D eigenvalue weighted by Gasteiger charge is 2.03. The van der Waals surface area contributed by atoms with Gasteiger partial charge in [-0.25, -0.2) is 0 Å². The number of primary amides is 1. The zero-order valence-corrected chi connectivity index (χ0v) is 8.54. The lowest BCUT2D eigenvalue weighted by molar-refractivity contribution is -0.120. The summed E-state index contributed by atoms with van der Waals surface area (Å²) in [6.45, 7) is -0.138. The number of hydrogen-bond donors (Lipinski definition) is 2. The van der Waals surface area contributed by atoms with Gasteiger partial charge >= 0.3 is 0 Å². The maximum atomic E-state index is 10.5. The Bertz CT molecular complexity index is 507. The fourth-order valence-corrected chi connectivity index (χ4v) is 1.47. The largest absolute Gasteiger partial charge is 0.469 e. The second kappa shape index (κ2) is 3.82. The normalized spacial score (nSPS) is 10.5. The van der Waals surface area contributed by atoms with Gasteiger partial charge in [-0.15, -0.1) is 0 Å². The fraction of sp³-hybridized carbons (Fsp3) is 0.100. The van der Waals surface area contributed by atoms with E-state index in [-0.39, 0.29) is 6.61 Å². The van der Waals surface area contributed by atoms with Gasteiger partial charge in [0.25, 0.3) is 5.91 Å². The molecule has 0 spiro atoms. The molecule has 0 unspecified atom stereocenters. The van der Waals surface area contributed by atoms with E-state index >= 15 is 0 Å². The van der Waals surface area contributed by atoms with E-state index in [4.69, 9.17) is 22.1 Å². The number of H-pyrrole nitrogens is 1. The van der Waals surface area contributed by atoms with Crippen molar-refractivity contribution in [1.29, 1.82) is 0 Å². The standard InChI is InChI=1S/C10H9ClN2O2/c11-7-2-1-6-3-10(13-8(6)4-7)15-5-9(12)14/h1-4,13H,5H2,(H2,12,14). The Kier molecular flexibility index (Phi) is 2.51. The molecule has 15 heavy (non-hydrogen) atoms. The summed E-state index contributed by atoms with van der Waals surface area (Å²) in [5.74, 6) is -0.00208. The van der Waals surface area contributed by atoms with Gasteiger partial charge in [0.05, 0.1) is 0 Å². The number of ether oxygens (including phenoxy) is 1. The Morgan fingerprint density at radius 2 is 2.27 bits per heavy atom. The third-order valence-electron chi connectivity index (χ3n) is 1.93. The number of carbonyl (C=O) groups excluding carboxylic acids is 1. The summed E-state index contributed by atoms with van der Waals surface area (Å²) < 4.78 is 5.12. The summed E-state index contributed by atoms with van der Waals surface area (Å²) in [6, 6.07) is 7.23. The van der Waals surface area contributed by atoms with Gasteiger partial charge in [0, 0.05) is 22.0 Å². The minimum absolute atomic E-state index is 0.138. The molecular formula is C10H9ClN2O2. The monoisotopic (exact) mass is 224 g/mol. The first kappa shape index (κ1) is 9.86. The summed E-state index contributed by atoms with van der Waals surface area (Å²) in [6.07, 6.45) is 0. The summed E-state index contributed by atoms with van der Waals surface area (Å²) >= 11 is 5.82. The number of amides is 1. The second-order valence-electron chi connectivity index (χ2n) is 3.12. The van der Waals surface area contributed by atoms with Crippen molar-refractivity contribution in [2.45, 2.75) is 0 Å². The molecule has 1 aromatic carbocycles. The van der Waals surface area contributed by atoms with Crippen molar-refractivity contribution >= 4 is 28.4 Å². The minimum atomic E-state index is -0.508. The quantitative estimate of drug-likeness (QED) is 0.833. The molecule has 1 heterocycles. The molecule has 3 N–H and O–H groups in total. The molecule has 0 saturated heterocycles. The number of carbonyl (C=O) groups is 1. The SMILES string of the molecule is NC(=O)COc1cc2ccc(Cl)cc2[nH]1. The number of rotatable bonds is 3. The highest BCUT2D eigenvalue weighted by atomic mass is 35.5. The summed E-state index contributed by atoms with van der Waals surface area (Å²) in [4.78, 5) is 13.5. The number of nitrogens with two attached hydrogens (primary N) is 1. The van der Waals surface area contributed by atoms with Crippen LogP contribution in [0.4, 0.5) is 0 Å². The highest BCUT2D eigenvalue weighted by molar-refractivity contribution is 6.31. The summed E-state index contributed by atoms with van der Waals surface area (Å²) in [5, 5.41) is 1.62. The van der Waals surface area contributed by atoms with Gasteiger partial charge in [-0.3, -0.25) is 4.79 Å². The predicted molar refractivity (Wildman–Crippen MR) is 58.0 cm³/mol. The molecule has 0 bridgehead atoms. The van der Waals surface area contributed by atoms with Crippen molar-refractivity contribution in [1.82, 2.24) is 4.98 Å². The lowest BCUT2D eigenvalue weighted by Crippen LogP contribution is -2.20. The Morgan fingerprint density at radius 1 is 1.47 bits per heavy atom. The van der Waals surface area contributed by atoms with Gasteiger partial charge in [-0.05, 0) is 12.1 Å². The highest BCUT2D eigenvalue weighted by Crippen LogP contribution is 2.23. The van der Waals surface area contributed by atoms with Gasteiger partial charge < -0.3 is 15.5 Å². The van der Waals surface area contributed by atoms with Gasteiger partial charge in [0.2, 0.25) is 0 Å². The molecule has 4 nitrogen and oxygen atoms in total. The van der Waals surface area contributed by atoms with E-state index in [0.29, 0.717) is 10.9 Å². The molecule has 2 rings (SSSR count). The molecule has 1 amide bonds. The Morgan fingerprint density at radius 3 is 3.00 bits per heavy atom. The van der Waals surface area contributed by atoms with E-state index in [0.717, 1.165) is 10.9 Å². The van der Waals surface area contributed by atoms with Gasteiger partial charge in [0.15, 0.2) is 12.5 Å². The first-order valence-corrected chi connectivity index (χ1v) is 4.72. The molecule has 1 aromatic heterocycles. The average Bonchev–Trinajstić information content (AvgIpc) is 2.56. The first-order valence-electron chi connectivity index (χ1n) is 4.34. The van der Waals surface area contributed by atoms with Crippen LogP contribution in [-0.2, 0) is 4.79 Å². The molecule has 0 atom stereocenters. The van der Waals surface area contributed by atoms with Crippen LogP contribution in [0.1, 0.15) is 0 Å². The zero-order chi connectivity index (χ0) is 10.8. The number of benzene rings is 1. The maximum absolute atomic E-state index is 10.5. The van der Waals surface area contributed by atoms with E-state index in [1.54, 1.807) is 18.2 Å². The fourth-order valence-electron chi connectivity index (χ4n) is 1.30. The maximum Gasteiger partial charge on any atom is 0.255 e. The van der Waals surface area contributed by atoms with Crippen molar-refractivity contribution in [2.24, 2.45) is 5.73 Å². The summed E-state index contributed by atoms with van der Waals surface area (Å²) in [5.41, 5.74) is 5.82. The van der Waals surface area contributed by atoms with Crippen LogP contribution in [0.15, 0.2) is 24.3 Å². The third kappa shape index (κ3) is 2.22. The van der Waals surface area contributed by atoms with Crippen LogP contribution in [0.2, 0.25) is 5.02 Å². The van der Waals surface area contributed by atoms with Gasteiger partial charge in [0.1, 0.15) is 0 Å². The number of aromatic amines is 1. The number of halogens is 1. The Labute approximate surface area is 91.0 Å². The van der Waals surface area contributed by atoms with Crippen LogP contribution in [0.3, 0.4) is 0 Å². The second-order valence-corrected chi connectivity index (χ2v) is 3.56. The molecule has 0 saturated carbocycles. The van der Waals surface area contributed by atoms with Crippen LogP contribution in [0.25, 0.3) is 10.9 Å². The average molecular weight is 225 g/mol. The topological polar surface area (TPSA) is 68.1 Å². The van der Waals surface area contributed by atoms with E-state index in [9.17, 15) is 4.79 Å². The van der Waals surface area contributed by atoms with E-state index < -0.39 is 5.91 Å². The zero-order valence-electron chi connectivity index (χ0n) is 7.79. The Hall–Kier alpha value is -1.68. The molecule has 0 radical (unpaired) electrons. The number of hydrogen-bond acceptors (Lipinski definition) is 2. The van der Waals surface area contributed by atoms with Crippen LogP contribution in [-0.4, -0.2) is 17.5 Å². The van der Waals surface area contributed by atoms with Crippen molar-refractivity contribution in [2.75, 3.05) is 6.61 Å². The van der Waals surface area contributed by atoms with Crippen molar-refractivity contribution in [3.05, 3.63) is 29.3 Å². The number of fused-ring (bicyclic) bond motifs is 1. The minimum Gasteiger partial charge on any atom is -0.469 e. The number of nitrogens with one attached hydrogen (secondary N) is 1. The van der Waals surface area contributed by atoms with E-state index in [1.165, 1.54) is 0 Å². The third-order valence-corrected chi connectivity index (χ3v) is 2.16. The van der Waals surface area contributed by atoms with E-state index in [2.05, 4.69) is 4.98 Å². The van der Waals surface area contributed by atoms with Crippen molar-refractivity contribution in [3.63, 3.8) is 0 Å². The van der Waals surface area contributed by atoms with Crippen molar-refractivity contribution < 1.29 is 9.53 Å². The molecule has 0 aliphatic heterocycles. The molecule has 0 aliphatic carbocycles. The number of aromatic nitrogens is 1. The molecule has 2 aromatic rings. The molecular weight excluding hydrogens is 216 g/mol. The molecule has 78 valence electrons. The lowest BCUT2D eigenvalue weighted by atomic mass is 10.2. The molecule has 5 heteroatoms. The van der Waals surface area contributed by atoms with Crippen LogP contribution in [0, 0.1) is 0 Å². The first-order chi connectivity index (χ1) is 7.15. The molecule has 0 aliphatic rings. The van der Waals surface area contributed by atoms with Crippen LogP contribution < -0.4 is 10.5 Å². The lowest BCUT2D eigenvalue weighted by Gasteiger charge is -1.97. The predicted octanol–water partition coefficient (Wildman–Crippen LogP) is 1.69.